The van der Waals surface area contributed by atoms with Crippen molar-refractivity contribution in [2.24, 2.45) is 17.8 Å². The Balaban J connectivity index is 1.55. The summed E-state index contributed by atoms with van der Waals surface area (Å²) in [6.07, 6.45) is 9.74. The van der Waals surface area contributed by atoms with Gasteiger partial charge in [-0.15, -0.1) is 11.8 Å². The molecule has 0 spiro atoms. The van der Waals surface area contributed by atoms with Crippen molar-refractivity contribution in [2.75, 3.05) is 18.1 Å². The largest absolute Gasteiger partial charge is 0.385 e. The van der Waals surface area contributed by atoms with Crippen molar-refractivity contribution in [1.29, 1.82) is 0 Å². The fourth-order valence-corrected chi connectivity index (χ4v) is 3.50. The first kappa shape index (κ1) is 11.2. The summed E-state index contributed by atoms with van der Waals surface area (Å²) >= 11 is 1.79. The van der Waals surface area contributed by atoms with Crippen LogP contribution in [0.3, 0.4) is 0 Å². The number of benzene rings is 1. The summed E-state index contributed by atoms with van der Waals surface area (Å²) in [7, 11) is 0. The van der Waals surface area contributed by atoms with Gasteiger partial charge in [-0.1, -0.05) is 12.2 Å². The molecule has 3 unspecified atom stereocenters. The second-order valence-electron chi connectivity index (χ2n) is 5.15. The lowest BCUT2D eigenvalue weighted by Crippen LogP contribution is -2.18. The summed E-state index contributed by atoms with van der Waals surface area (Å²) in [5, 5.41) is 3.58. The van der Waals surface area contributed by atoms with Crippen molar-refractivity contribution < 1.29 is 0 Å². The van der Waals surface area contributed by atoms with Crippen LogP contribution in [0.25, 0.3) is 0 Å². The van der Waals surface area contributed by atoms with Gasteiger partial charge in [-0.3, -0.25) is 0 Å². The fraction of sp³-hybridized carbons (Fsp3) is 0.467. The van der Waals surface area contributed by atoms with Gasteiger partial charge in [0.1, 0.15) is 0 Å². The van der Waals surface area contributed by atoms with Gasteiger partial charge in [-0.05, 0) is 61.1 Å². The number of anilines is 1. The lowest BCUT2D eigenvalue weighted by Gasteiger charge is -2.19. The number of thioether (sulfide) groups is 1. The van der Waals surface area contributed by atoms with Crippen molar-refractivity contribution in [3.05, 3.63) is 36.4 Å². The van der Waals surface area contributed by atoms with Crippen molar-refractivity contribution in [2.45, 2.75) is 17.7 Å². The molecule has 1 saturated carbocycles. The molecule has 1 N–H and O–H groups in total. The fourth-order valence-electron chi connectivity index (χ4n) is 3.09. The van der Waals surface area contributed by atoms with E-state index in [4.69, 9.17) is 0 Å². The molecule has 0 amide bonds. The predicted molar refractivity (Wildman–Crippen MR) is 75.6 cm³/mol. The molecule has 1 aromatic carbocycles. The molecule has 2 bridgehead atoms. The Bertz CT molecular complexity index is 409. The molecule has 0 aromatic heterocycles. The van der Waals surface area contributed by atoms with Gasteiger partial charge in [0.05, 0.1) is 0 Å². The Hall–Kier alpha value is -0.890. The Morgan fingerprint density at radius 2 is 2.00 bits per heavy atom. The number of allylic oxidation sites excluding steroid dienone is 2. The summed E-state index contributed by atoms with van der Waals surface area (Å²) in [4.78, 5) is 1.33. The minimum absolute atomic E-state index is 0.845. The first-order valence-electron chi connectivity index (χ1n) is 6.41. The van der Waals surface area contributed by atoms with E-state index in [2.05, 4.69) is 48.0 Å². The summed E-state index contributed by atoms with van der Waals surface area (Å²) in [5.74, 6) is 2.58. The van der Waals surface area contributed by atoms with Crippen molar-refractivity contribution >= 4 is 17.4 Å². The average molecular weight is 245 g/mol. The highest BCUT2D eigenvalue weighted by Crippen LogP contribution is 2.43. The standard InChI is InChI=1S/C15H19NS/c1-17-15-6-4-14(5-7-15)16-10-13-9-11-2-3-12(13)8-11/h2-7,11-13,16H,8-10H2,1H3. The third kappa shape index (κ3) is 2.37. The minimum Gasteiger partial charge on any atom is -0.385 e. The molecule has 2 aliphatic rings. The molecule has 1 fully saturated rings. The molecule has 2 heteroatoms. The summed E-state index contributed by atoms with van der Waals surface area (Å²) in [6, 6.07) is 8.76. The molecular formula is C15H19NS. The molecule has 90 valence electrons. The number of hydrogen-bond donors (Lipinski definition) is 1. The van der Waals surface area contributed by atoms with Crippen LogP contribution in [-0.4, -0.2) is 12.8 Å². The number of rotatable bonds is 4. The zero-order valence-corrected chi connectivity index (χ0v) is 11.0. The average Bonchev–Trinajstić information content (AvgIpc) is 2.99. The van der Waals surface area contributed by atoms with E-state index in [0.717, 1.165) is 24.3 Å². The second-order valence-corrected chi connectivity index (χ2v) is 6.03. The number of hydrogen-bond acceptors (Lipinski definition) is 2. The van der Waals surface area contributed by atoms with Crippen LogP contribution in [0.2, 0.25) is 0 Å². The monoisotopic (exact) mass is 245 g/mol. The van der Waals surface area contributed by atoms with E-state index in [9.17, 15) is 0 Å². The predicted octanol–water partition coefficient (Wildman–Crippen LogP) is 4.03. The van der Waals surface area contributed by atoms with Gasteiger partial charge in [0.2, 0.25) is 0 Å². The van der Waals surface area contributed by atoms with Crippen molar-refractivity contribution in [1.82, 2.24) is 0 Å². The Morgan fingerprint density at radius 3 is 2.59 bits per heavy atom. The normalized spacial score (nSPS) is 29.8. The van der Waals surface area contributed by atoms with Gasteiger partial charge in [0.15, 0.2) is 0 Å². The first-order chi connectivity index (χ1) is 8.35. The molecule has 1 aromatic rings. The highest BCUT2D eigenvalue weighted by Gasteiger charge is 2.35. The van der Waals surface area contributed by atoms with Crippen LogP contribution in [0.15, 0.2) is 41.3 Å². The summed E-state index contributed by atoms with van der Waals surface area (Å²) in [5.41, 5.74) is 1.26. The van der Waals surface area contributed by atoms with E-state index in [0.29, 0.717) is 0 Å². The molecule has 1 nitrogen and oxygen atoms in total. The zero-order valence-electron chi connectivity index (χ0n) is 10.2. The third-order valence-corrected chi connectivity index (χ3v) is 4.82. The van der Waals surface area contributed by atoms with Crippen LogP contribution in [0.4, 0.5) is 5.69 Å². The molecule has 0 saturated heterocycles. The van der Waals surface area contributed by atoms with Crippen molar-refractivity contribution in [3.63, 3.8) is 0 Å². The topological polar surface area (TPSA) is 12.0 Å². The van der Waals surface area contributed by atoms with E-state index in [1.165, 1.54) is 23.4 Å². The quantitative estimate of drug-likeness (QED) is 0.635. The highest BCUT2D eigenvalue weighted by atomic mass is 32.2. The molecule has 0 heterocycles. The van der Waals surface area contributed by atoms with E-state index in [-0.39, 0.29) is 0 Å². The van der Waals surface area contributed by atoms with Gasteiger partial charge in [-0.25, -0.2) is 0 Å². The van der Waals surface area contributed by atoms with E-state index >= 15 is 0 Å². The second kappa shape index (κ2) is 4.77. The summed E-state index contributed by atoms with van der Waals surface area (Å²) in [6.45, 7) is 1.13. The molecule has 0 radical (unpaired) electrons. The highest BCUT2D eigenvalue weighted by molar-refractivity contribution is 7.98. The van der Waals surface area contributed by atoms with Gasteiger partial charge in [0, 0.05) is 17.1 Å². The van der Waals surface area contributed by atoms with Crippen LogP contribution in [0.5, 0.6) is 0 Å². The first-order valence-corrected chi connectivity index (χ1v) is 7.64. The molecular weight excluding hydrogens is 226 g/mol. The zero-order chi connectivity index (χ0) is 11.7. The van der Waals surface area contributed by atoms with Crippen molar-refractivity contribution in [3.8, 4) is 0 Å². The van der Waals surface area contributed by atoms with Gasteiger partial charge in [-0.2, -0.15) is 0 Å². The Morgan fingerprint density at radius 1 is 1.18 bits per heavy atom. The SMILES string of the molecule is CSc1ccc(NCC2CC3C=CC2C3)cc1. The Kier molecular flexibility index (Phi) is 3.15. The smallest absolute Gasteiger partial charge is 0.0341 e. The van der Waals surface area contributed by atoms with E-state index < -0.39 is 0 Å². The molecule has 0 aliphatic heterocycles. The number of fused-ring (bicyclic) bond motifs is 2. The maximum Gasteiger partial charge on any atom is 0.0341 e. The van der Waals surface area contributed by atoms with Gasteiger partial charge in [0.25, 0.3) is 0 Å². The van der Waals surface area contributed by atoms with Crippen LogP contribution in [0, 0.1) is 17.8 Å². The maximum absolute atomic E-state index is 3.58. The molecule has 3 rings (SSSR count). The van der Waals surface area contributed by atoms with Gasteiger partial charge < -0.3 is 5.32 Å². The van der Waals surface area contributed by atoms with E-state index in [1.54, 1.807) is 11.8 Å². The van der Waals surface area contributed by atoms with Crippen LogP contribution in [-0.2, 0) is 0 Å². The van der Waals surface area contributed by atoms with Crippen LogP contribution >= 0.6 is 11.8 Å². The Labute approximate surface area is 108 Å². The lowest BCUT2D eigenvalue weighted by molar-refractivity contribution is 0.472. The van der Waals surface area contributed by atoms with Crippen LogP contribution < -0.4 is 5.32 Å². The van der Waals surface area contributed by atoms with Gasteiger partial charge >= 0.3 is 0 Å². The maximum atomic E-state index is 3.58. The summed E-state index contributed by atoms with van der Waals surface area (Å²) < 4.78 is 0. The third-order valence-electron chi connectivity index (χ3n) is 4.07. The molecule has 3 atom stereocenters. The van der Waals surface area contributed by atoms with E-state index in [1.807, 2.05) is 0 Å². The molecule has 17 heavy (non-hydrogen) atoms. The van der Waals surface area contributed by atoms with Crippen LogP contribution in [0.1, 0.15) is 12.8 Å². The lowest BCUT2D eigenvalue weighted by atomic mass is 9.93. The number of nitrogens with one attached hydrogen (secondary N) is 1. The molecule has 2 aliphatic carbocycles. The minimum atomic E-state index is 0.845.